The number of carbonyl (C=O) groups is 2. The van der Waals surface area contributed by atoms with Gasteiger partial charge in [-0.05, 0) is 49.9 Å². The smallest absolute Gasteiger partial charge is 0.254 e. The average Bonchev–Trinajstić information content (AvgIpc) is 3.14. The van der Waals surface area contributed by atoms with Crippen LogP contribution >= 0.6 is 0 Å². The molecular weight excluding hydrogens is 314 g/mol. The van der Waals surface area contributed by atoms with E-state index in [4.69, 9.17) is 0 Å². The third-order valence-electron chi connectivity index (χ3n) is 6.30. The second kappa shape index (κ2) is 6.45. The molecule has 5 heteroatoms. The van der Waals surface area contributed by atoms with Crippen molar-refractivity contribution in [3.05, 3.63) is 35.4 Å². The summed E-state index contributed by atoms with van der Waals surface area (Å²) >= 11 is 0. The van der Waals surface area contributed by atoms with Gasteiger partial charge in [-0.2, -0.15) is 0 Å². The Kier molecular flexibility index (Phi) is 4.28. The molecule has 1 aromatic carbocycles. The minimum absolute atomic E-state index is 0.0648. The minimum atomic E-state index is 0.0648. The molecule has 1 spiro atoms. The molecule has 0 aromatic heterocycles. The Morgan fingerprint density at radius 1 is 1.12 bits per heavy atom. The van der Waals surface area contributed by atoms with Gasteiger partial charge < -0.3 is 14.7 Å². The number of amides is 2. The highest BCUT2D eigenvalue weighted by molar-refractivity contribution is 5.98. The molecule has 2 fully saturated rings. The molecule has 3 heterocycles. The topological polar surface area (TPSA) is 43.9 Å². The summed E-state index contributed by atoms with van der Waals surface area (Å²) in [7, 11) is 2.19. The van der Waals surface area contributed by atoms with Gasteiger partial charge in [0.1, 0.15) is 0 Å². The summed E-state index contributed by atoms with van der Waals surface area (Å²) in [5, 5.41) is 0. The van der Waals surface area contributed by atoms with E-state index >= 15 is 0 Å². The molecule has 2 saturated heterocycles. The Balaban J connectivity index is 1.27. The van der Waals surface area contributed by atoms with Gasteiger partial charge >= 0.3 is 0 Å². The normalized spacial score (nSPS) is 22.7. The molecule has 0 radical (unpaired) electrons. The number of fused-ring (bicyclic) bond motifs is 1. The zero-order valence-electron chi connectivity index (χ0n) is 15.0. The number of likely N-dealkylation sites (tertiary alicyclic amines) is 2. The van der Waals surface area contributed by atoms with Crippen LogP contribution < -0.4 is 0 Å². The van der Waals surface area contributed by atoms with Crippen molar-refractivity contribution in [3.63, 3.8) is 0 Å². The van der Waals surface area contributed by atoms with Gasteiger partial charge in [-0.1, -0.05) is 18.2 Å². The number of piperidine rings is 1. The Morgan fingerprint density at radius 2 is 1.84 bits per heavy atom. The summed E-state index contributed by atoms with van der Waals surface area (Å²) in [6.07, 6.45) is 3.95. The van der Waals surface area contributed by atoms with Crippen molar-refractivity contribution in [1.82, 2.24) is 14.7 Å². The minimum Gasteiger partial charge on any atom is -0.343 e. The summed E-state index contributed by atoms with van der Waals surface area (Å²) in [6, 6.07) is 7.74. The van der Waals surface area contributed by atoms with E-state index in [1.165, 1.54) is 19.5 Å². The molecule has 0 N–H and O–H groups in total. The second-order valence-electron chi connectivity index (χ2n) is 8.00. The van der Waals surface area contributed by atoms with E-state index in [0.717, 1.165) is 37.1 Å². The van der Waals surface area contributed by atoms with Crippen LogP contribution in [0, 0.1) is 5.41 Å². The fourth-order valence-corrected chi connectivity index (χ4v) is 4.68. The number of hydrogen-bond acceptors (Lipinski definition) is 3. The van der Waals surface area contributed by atoms with Gasteiger partial charge in [0.15, 0.2) is 0 Å². The van der Waals surface area contributed by atoms with Gasteiger partial charge in [0.25, 0.3) is 5.91 Å². The summed E-state index contributed by atoms with van der Waals surface area (Å²) in [4.78, 5) is 31.2. The Labute approximate surface area is 149 Å². The van der Waals surface area contributed by atoms with Crippen molar-refractivity contribution in [2.75, 3.05) is 39.8 Å². The van der Waals surface area contributed by atoms with Gasteiger partial charge in [0.2, 0.25) is 5.91 Å². The zero-order valence-corrected chi connectivity index (χ0v) is 15.0. The summed E-state index contributed by atoms with van der Waals surface area (Å²) in [6.45, 7) is 5.28. The highest BCUT2D eigenvalue weighted by atomic mass is 16.2. The molecule has 0 unspecified atom stereocenters. The van der Waals surface area contributed by atoms with Crippen LogP contribution in [0.5, 0.6) is 0 Å². The molecule has 5 nitrogen and oxygen atoms in total. The largest absolute Gasteiger partial charge is 0.343 e. The van der Waals surface area contributed by atoms with Crippen LogP contribution in [0.1, 0.15) is 41.6 Å². The lowest BCUT2D eigenvalue weighted by molar-refractivity contribution is -0.133. The first-order valence-corrected chi connectivity index (χ1v) is 9.40. The maximum atomic E-state index is 12.6. The number of carbonyl (C=O) groups excluding carboxylic acids is 2. The molecule has 0 bridgehead atoms. The number of hydrogen-bond donors (Lipinski definition) is 0. The van der Waals surface area contributed by atoms with E-state index in [0.29, 0.717) is 24.9 Å². The average molecular weight is 341 g/mol. The fraction of sp³-hybridized carbons (Fsp3) is 0.600. The number of benzene rings is 1. The summed E-state index contributed by atoms with van der Waals surface area (Å²) in [5.41, 5.74) is 2.31. The molecule has 25 heavy (non-hydrogen) atoms. The van der Waals surface area contributed by atoms with E-state index in [1.54, 1.807) is 4.90 Å². The first-order chi connectivity index (χ1) is 12.1. The lowest BCUT2D eigenvalue weighted by Crippen LogP contribution is -2.44. The highest BCUT2D eigenvalue weighted by Gasteiger charge is 2.40. The third-order valence-corrected chi connectivity index (χ3v) is 6.30. The SMILES string of the molecule is CN1CCC2(CCN(C(=O)CCN3Cc4ccccc4C3=O)CC2)C1. The molecule has 3 aliphatic heterocycles. The zero-order chi connectivity index (χ0) is 17.4. The van der Waals surface area contributed by atoms with Crippen LogP contribution in [0.15, 0.2) is 24.3 Å². The summed E-state index contributed by atoms with van der Waals surface area (Å²) in [5.74, 6) is 0.264. The van der Waals surface area contributed by atoms with E-state index in [2.05, 4.69) is 11.9 Å². The van der Waals surface area contributed by atoms with Gasteiger partial charge in [-0.15, -0.1) is 0 Å². The van der Waals surface area contributed by atoms with Gasteiger partial charge in [-0.3, -0.25) is 9.59 Å². The van der Waals surface area contributed by atoms with E-state index in [1.807, 2.05) is 29.2 Å². The van der Waals surface area contributed by atoms with Crippen LogP contribution in [0.2, 0.25) is 0 Å². The standard InChI is InChI=1S/C20H27N3O2/c1-21-11-7-20(15-21)8-12-22(13-9-20)18(24)6-10-23-14-16-4-2-3-5-17(16)19(23)25/h2-5H,6-15H2,1H3. The lowest BCUT2D eigenvalue weighted by Gasteiger charge is -2.39. The second-order valence-corrected chi connectivity index (χ2v) is 8.00. The number of rotatable bonds is 3. The van der Waals surface area contributed by atoms with Crippen LogP contribution in [-0.2, 0) is 11.3 Å². The maximum Gasteiger partial charge on any atom is 0.254 e. The first kappa shape index (κ1) is 16.6. The molecule has 3 aliphatic rings. The molecule has 2 amide bonds. The van der Waals surface area contributed by atoms with Crippen LogP contribution in [-0.4, -0.2) is 66.3 Å². The van der Waals surface area contributed by atoms with Crippen molar-refractivity contribution >= 4 is 11.8 Å². The Morgan fingerprint density at radius 3 is 2.52 bits per heavy atom. The first-order valence-electron chi connectivity index (χ1n) is 9.40. The predicted molar refractivity (Wildman–Crippen MR) is 96.2 cm³/mol. The van der Waals surface area contributed by atoms with Crippen LogP contribution in [0.4, 0.5) is 0 Å². The Hall–Kier alpha value is -1.88. The van der Waals surface area contributed by atoms with Crippen molar-refractivity contribution in [1.29, 1.82) is 0 Å². The monoisotopic (exact) mass is 341 g/mol. The van der Waals surface area contributed by atoms with E-state index in [-0.39, 0.29) is 11.8 Å². The lowest BCUT2D eigenvalue weighted by atomic mass is 9.78. The Bertz CT molecular complexity index is 679. The molecular formula is C20H27N3O2. The summed E-state index contributed by atoms with van der Waals surface area (Å²) < 4.78 is 0. The molecule has 1 aromatic rings. The number of nitrogens with zero attached hydrogens (tertiary/aromatic N) is 3. The maximum absolute atomic E-state index is 12.6. The van der Waals surface area contributed by atoms with E-state index < -0.39 is 0 Å². The van der Waals surface area contributed by atoms with Gasteiger partial charge in [0.05, 0.1) is 0 Å². The molecule has 0 saturated carbocycles. The molecule has 134 valence electrons. The van der Waals surface area contributed by atoms with Crippen molar-refractivity contribution in [2.24, 2.45) is 5.41 Å². The molecule has 4 rings (SSSR count). The molecule has 0 aliphatic carbocycles. The highest BCUT2D eigenvalue weighted by Crippen LogP contribution is 2.39. The molecule has 0 atom stereocenters. The predicted octanol–water partition coefficient (Wildman–Crippen LogP) is 1.98. The van der Waals surface area contributed by atoms with Crippen LogP contribution in [0.3, 0.4) is 0 Å². The van der Waals surface area contributed by atoms with Gasteiger partial charge in [-0.25, -0.2) is 0 Å². The van der Waals surface area contributed by atoms with Crippen molar-refractivity contribution in [2.45, 2.75) is 32.2 Å². The fourth-order valence-electron chi connectivity index (χ4n) is 4.68. The van der Waals surface area contributed by atoms with Crippen molar-refractivity contribution in [3.8, 4) is 0 Å². The third kappa shape index (κ3) is 3.17. The van der Waals surface area contributed by atoms with E-state index in [9.17, 15) is 9.59 Å². The van der Waals surface area contributed by atoms with Crippen LogP contribution in [0.25, 0.3) is 0 Å². The quantitative estimate of drug-likeness (QED) is 0.844. The van der Waals surface area contributed by atoms with Crippen molar-refractivity contribution < 1.29 is 9.59 Å². The van der Waals surface area contributed by atoms with Gasteiger partial charge in [0, 0.05) is 44.7 Å².